The maximum Gasteiger partial charge on any atom is 0.324 e. The molecule has 2 N–H and O–H groups in total. The Labute approximate surface area is 131 Å². The number of nitro groups is 1. The van der Waals surface area contributed by atoms with Gasteiger partial charge in [-0.05, 0) is 12.5 Å². The Hall–Kier alpha value is -2.97. The molecule has 0 aromatic heterocycles. The summed E-state index contributed by atoms with van der Waals surface area (Å²) in [6.45, 7) is 1.73. The van der Waals surface area contributed by atoms with Crippen LogP contribution in [0.1, 0.15) is 18.9 Å². The van der Waals surface area contributed by atoms with Crippen LogP contribution >= 0.6 is 0 Å². The van der Waals surface area contributed by atoms with Gasteiger partial charge in [-0.2, -0.15) is 0 Å². The van der Waals surface area contributed by atoms with Crippen molar-refractivity contribution in [2.45, 2.75) is 19.8 Å². The number of nitrogens with zero attached hydrogens (tertiary/aromatic N) is 2. The molecule has 1 fully saturated rings. The standard InChI is InChI=1S/C14H16N4O5/c1-2-9-3-4-10(7-11(9)18(22)23)15-13(20)8-17-6-5-12(19)16-14(17)21/h3-4,7H,2,5-6,8H2,1H3,(H,15,20)(H,16,19,21). The molecular formula is C14H16N4O5. The molecule has 0 bridgehead atoms. The van der Waals surface area contributed by atoms with Crippen molar-refractivity contribution in [2.75, 3.05) is 18.4 Å². The van der Waals surface area contributed by atoms with Crippen LogP contribution in [0.5, 0.6) is 0 Å². The van der Waals surface area contributed by atoms with Crippen molar-refractivity contribution in [1.29, 1.82) is 0 Å². The number of amides is 4. The fraction of sp³-hybridized carbons (Fsp3) is 0.357. The van der Waals surface area contributed by atoms with Crippen LogP contribution < -0.4 is 10.6 Å². The molecule has 0 spiro atoms. The first kappa shape index (κ1) is 16.4. The second kappa shape index (κ2) is 6.86. The number of hydrogen-bond acceptors (Lipinski definition) is 5. The fourth-order valence-electron chi connectivity index (χ4n) is 2.23. The van der Waals surface area contributed by atoms with Crippen LogP contribution in [0.2, 0.25) is 0 Å². The molecule has 122 valence electrons. The van der Waals surface area contributed by atoms with Gasteiger partial charge in [-0.3, -0.25) is 25.0 Å². The number of rotatable bonds is 5. The first-order chi connectivity index (χ1) is 10.9. The highest BCUT2D eigenvalue weighted by Crippen LogP contribution is 2.23. The molecule has 1 aliphatic rings. The Kier molecular flexibility index (Phi) is 4.89. The molecular weight excluding hydrogens is 304 g/mol. The molecule has 1 aromatic carbocycles. The molecule has 0 aliphatic carbocycles. The van der Waals surface area contributed by atoms with E-state index < -0.39 is 16.9 Å². The van der Waals surface area contributed by atoms with E-state index in [2.05, 4.69) is 10.6 Å². The van der Waals surface area contributed by atoms with E-state index in [1.807, 2.05) is 0 Å². The Balaban J connectivity index is 2.03. The number of carbonyl (C=O) groups excluding carboxylic acids is 3. The average Bonchev–Trinajstić information content (AvgIpc) is 2.50. The number of aryl methyl sites for hydroxylation is 1. The van der Waals surface area contributed by atoms with Gasteiger partial charge in [0.2, 0.25) is 11.8 Å². The van der Waals surface area contributed by atoms with Crippen molar-refractivity contribution in [3.8, 4) is 0 Å². The summed E-state index contributed by atoms with van der Waals surface area (Å²) >= 11 is 0. The van der Waals surface area contributed by atoms with Crippen molar-refractivity contribution in [2.24, 2.45) is 0 Å². The summed E-state index contributed by atoms with van der Waals surface area (Å²) < 4.78 is 0. The van der Waals surface area contributed by atoms with Crippen molar-refractivity contribution in [1.82, 2.24) is 10.2 Å². The number of hydrogen-bond donors (Lipinski definition) is 2. The van der Waals surface area contributed by atoms with Crippen LogP contribution in [-0.4, -0.2) is 40.8 Å². The van der Waals surface area contributed by atoms with E-state index in [9.17, 15) is 24.5 Å². The average molecular weight is 320 g/mol. The summed E-state index contributed by atoms with van der Waals surface area (Å²) in [6.07, 6.45) is 0.641. The third kappa shape index (κ3) is 4.02. The summed E-state index contributed by atoms with van der Waals surface area (Å²) in [6, 6.07) is 3.82. The van der Waals surface area contributed by atoms with Crippen LogP contribution in [0.25, 0.3) is 0 Å². The van der Waals surface area contributed by atoms with E-state index in [1.54, 1.807) is 19.1 Å². The van der Waals surface area contributed by atoms with Gasteiger partial charge >= 0.3 is 6.03 Å². The van der Waals surface area contributed by atoms with Crippen molar-refractivity contribution in [3.05, 3.63) is 33.9 Å². The molecule has 0 unspecified atom stereocenters. The van der Waals surface area contributed by atoms with Crippen LogP contribution in [0, 0.1) is 10.1 Å². The minimum absolute atomic E-state index is 0.0633. The molecule has 0 saturated carbocycles. The lowest BCUT2D eigenvalue weighted by Crippen LogP contribution is -2.51. The number of imide groups is 1. The Morgan fingerprint density at radius 3 is 2.78 bits per heavy atom. The zero-order valence-electron chi connectivity index (χ0n) is 12.5. The zero-order valence-corrected chi connectivity index (χ0v) is 12.5. The predicted octanol–water partition coefficient (Wildman–Crippen LogP) is 1.04. The number of carbonyl (C=O) groups is 3. The lowest BCUT2D eigenvalue weighted by molar-refractivity contribution is -0.385. The molecule has 0 atom stereocenters. The van der Waals surface area contributed by atoms with Gasteiger partial charge in [-0.1, -0.05) is 13.0 Å². The van der Waals surface area contributed by atoms with Crippen LogP contribution in [0.4, 0.5) is 16.2 Å². The zero-order chi connectivity index (χ0) is 17.0. The van der Waals surface area contributed by atoms with Gasteiger partial charge < -0.3 is 10.2 Å². The van der Waals surface area contributed by atoms with Gasteiger partial charge in [0.05, 0.1) is 4.92 Å². The molecule has 0 radical (unpaired) electrons. The Morgan fingerprint density at radius 1 is 1.43 bits per heavy atom. The number of anilines is 1. The minimum Gasteiger partial charge on any atom is -0.324 e. The van der Waals surface area contributed by atoms with E-state index in [4.69, 9.17) is 0 Å². The molecule has 1 aliphatic heterocycles. The number of urea groups is 1. The second-order valence-corrected chi connectivity index (χ2v) is 5.03. The lowest BCUT2D eigenvalue weighted by Gasteiger charge is -2.25. The number of nitro benzene ring substituents is 1. The molecule has 9 heteroatoms. The van der Waals surface area contributed by atoms with E-state index in [1.165, 1.54) is 11.0 Å². The highest BCUT2D eigenvalue weighted by atomic mass is 16.6. The monoisotopic (exact) mass is 320 g/mol. The first-order valence-electron chi connectivity index (χ1n) is 7.06. The van der Waals surface area contributed by atoms with Gasteiger partial charge in [-0.15, -0.1) is 0 Å². The largest absolute Gasteiger partial charge is 0.324 e. The number of benzene rings is 1. The molecule has 23 heavy (non-hydrogen) atoms. The van der Waals surface area contributed by atoms with E-state index in [-0.39, 0.29) is 36.8 Å². The summed E-state index contributed by atoms with van der Waals surface area (Å²) in [5, 5.41) is 15.6. The molecule has 1 aromatic rings. The van der Waals surface area contributed by atoms with Gasteiger partial charge in [-0.25, -0.2) is 4.79 Å². The smallest absolute Gasteiger partial charge is 0.324 e. The molecule has 1 saturated heterocycles. The molecule has 2 rings (SSSR count). The van der Waals surface area contributed by atoms with E-state index in [0.717, 1.165) is 0 Å². The van der Waals surface area contributed by atoms with Crippen LogP contribution in [-0.2, 0) is 16.0 Å². The van der Waals surface area contributed by atoms with Gasteiger partial charge in [0.25, 0.3) is 5.69 Å². The maximum absolute atomic E-state index is 12.0. The topological polar surface area (TPSA) is 122 Å². The third-order valence-electron chi connectivity index (χ3n) is 3.42. The Bertz CT molecular complexity index is 673. The summed E-state index contributed by atoms with van der Waals surface area (Å²) in [7, 11) is 0. The SMILES string of the molecule is CCc1ccc(NC(=O)CN2CCC(=O)NC2=O)cc1[N+](=O)[O-]. The summed E-state index contributed by atoms with van der Waals surface area (Å²) in [4.78, 5) is 46.2. The second-order valence-electron chi connectivity index (χ2n) is 5.03. The maximum atomic E-state index is 12.0. The summed E-state index contributed by atoms with van der Waals surface area (Å²) in [5.74, 6) is -0.870. The molecule has 1 heterocycles. The van der Waals surface area contributed by atoms with Gasteiger partial charge in [0.15, 0.2) is 0 Å². The normalized spacial score (nSPS) is 14.4. The first-order valence-corrected chi connectivity index (χ1v) is 7.06. The highest BCUT2D eigenvalue weighted by Gasteiger charge is 2.24. The van der Waals surface area contributed by atoms with Crippen molar-refractivity contribution < 1.29 is 19.3 Å². The predicted molar refractivity (Wildman–Crippen MR) is 80.8 cm³/mol. The molecule has 4 amide bonds. The van der Waals surface area contributed by atoms with E-state index in [0.29, 0.717) is 12.0 Å². The van der Waals surface area contributed by atoms with Gasteiger partial charge in [0.1, 0.15) is 6.54 Å². The number of nitrogens with one attached hydrogen (secondary N) is 2. The highest BCUT2D eigenvalue weighted by molar-refractivity contribution is 6.00. The molecule has 9 nitrogen and oxygen atoms in total. The fourth-order valence-corrected chi connectivity index (χ4v) is 2.23. The Morgan fingerprint density at radius 2 is 2.17 bits per heavy atom. The minimum atomic E-state index is -0.622. The van der Waals surface area contributed by atoms with Crippen molar-refractivity contribution in [3.63, 3.8) is 0 Å². The lowest BCUT2D eigenvalue weighted by atomic mass is 10.1. The quantitative estimate of drug-likeness (QED) is 0.620. The third-order valence-corrected chi connectivity index (χ3v) is 3.42. The van der Waals surface area contributed by atoms with Crippen LogP contribution in [0.3, 0.4) is 0 Å². The van der Waals surface area contributed by atoms with Crippen LogP contribution in [0.15, 0.2) is 18.2 Å². The van der Waals surface area contributed by atoms with E-state index >= 15 is 0 Å². The van der Waals surface area contributed by atoms with Gasteiger partial charge in [0, 0.05) is 30.3 Å². The summed E-state index contributed by atoms with van der Waals surface area (Å²) in [5.41, 5.74) is 0.793. The van der Waals surface area contributed by atoms with Crippen molar-refractivity contribution >= 4 is 29.2 Å².